The Bertz CT molecular complexity index is 798. The summed E-state index contributed by atoms with van der Waals surface area (Å²) in [5.41, 5.74) is 1.17. The fourth-order valence-electron chi connectivity index (χ4n) is 3.98. The lowest BCUT2D eigenvalue weighted by molar-refractivity contribution is -0.127. The van der Waals surface area contributed by atoms with Crippen LogP contribution >= 0.6 is 0 Å². The number of rotatable bonds is 6. The van der Waals surface area contributed by atoms with Gasteiger partial charge in [0.05, 0.1) is 25.7 Å². The van der Waals surface area contributed by atoms with E-state index >= 15 is 0 Å². The van der Waals surface area contributed by atoms with E-state index in [4.69, 9.17) is 9.47 Å². The highest BCUT2D eigenvalue weighted by Gasteiger charge is 2.43. The topological polar surface area (TPSA) is 47.6 Å². The number of halogens is 1. The van der Waals surface area contributed by atoms with Crippen LogP contribution in [0.15, 0.2) is 42.5 Å². The van der Waals surface area contributed by atoms with Gasteiger partial charge in [-0.3, -0.25) is 4.79 Å². The van der Waals surface area contributed by atoms with Crippen LogP contribution in [0.5, 0.6) is 11.5 Å². The molecule has 0 aromatic heterocycles. The summed E-state index contributed by atoms with van der Waals surface area (Å²) < 4.78 is 24.1. The number of carbonyl (C=O) groups is 1. The van der Waals surface area contributed by atoms with Crippen LogP contribution in [-0.4, -0.2) is 20.1 Å². The van der Waals surface area contributed by atoms with Gasteiger partial charge < -0.3 is 14.8 Å². The molecule has 1 amide bonds. The van der Waals surface area contributed by atoms with Gasteiger partial charge in [0.25, 0.3) is 0 Å². The van der Waals surface area contributed by atoms with Crippen molar-refractivity contribution in [3.63, 3.8) is 0 Å². The molecule has 1 unspecified atom stereocenters. The minimum Gasteiger partial charge on any atom is -0.497 e. The maximum absolute atomic E-state index is 13.4. The number of carbonyl (C=O) groups excluding carboxylic acids is 1. The van der Waals surface area contributed by atoms with E-state index in [2.05, 4.69) is 5.32 Å². The van der Waals surface area contributed by atoms with Crippen LogP contribution in [0.25, 0.3) is 0 Å². The molecule has 2 aromatic carbocycles. The molecule has 0 spiro atoms. The van der Waals surface area contributed by atoms with Gasteiger partial charge in [-0.1, -0.05) is 25.0 Å². The average Bonchev–Trinajstić information content (AvgIpc) is 3.19. The third-order valence-electron chi connectivity index (χ3n) is 5.54. The van der Waals surface area contributed by atoms with Crippen molar-refractivity contribution in [2.45, 2.75) is 44.1 Å². The molecule has 144 valence electrons. The van der Waals surface area contributed by atoms with Crippen molar-refractivity contribution < 1.29 is 18.7 Å². The molecule has 0 bridgehead atoms. The van der Waals surface area contributed by atoms with Crippen molar-refractivity contribution in [2.24, 2.45) is 0 Å². The zero-order valence-electron chi connectivity index (χ0n) is 16.0. The Morgan fingerprint density at radius 1 is 1.07 bits per heavy atom. The van der Waals surface area contributed by atoms with Crippen LogP contribution in [0.2, 0.25) is 0 Å². The van der Waals surface area contributed by atoms with Crippen molar-refractivity contribution >= 4 is 5.91 Å². The molecule has 0 heterocycles. The first-order chi connectivity index (χ1) is 13.0. The van der Waals surface area contributed by atoms with Crippen LogP contribution < -0.4 is 14.8 Å². The normalized spacial score (nSPS) is 16.6. The SMILES string of the molecule is COc1ccc(C(C)NC(=O)C2(c3ccc(F)cc3)CCCC2)c(OC)c1. The number of nitrogens with one attached hydrogen (secondary N) is 1. The maximum Gasteiger partial charge on any atom is 0.231 e. The predicted octanol–water partition coefficient (Wildman–Crippen LogP) is 4.53. The molecule has 1 aliphatic carbocycles. The fourth-order valence-corrected chi connectivity index (χ4v) is 3.98. The van der Waals surface area contributed by atoms with Crippen molar-refractivity contribution in [3.05, 3.63) is 59.4 Å². The van der Waals surface area contributed by atoms with E-state index in [0.29, 0.717) is 11.5 Å². The number of methoxy groups -OCH3 is 2. The van der Waals surface area contributed by atoms with Crippen molar-refractivity contribution in [2.75, 3.05) is 14.2 Å². The molecule has 0 aliphatic heterocycles. The largest absolute Gasteiger partial charge is 0.497 e. The van der Waals surface area contributed by atoms with E-state index in [1.807, 2.05) is 25.1 Å². The molecule has 0 saturated heterocycles. The summed E-state index contributed by atoms with van der Waals surface area (Å²) in [6.45, 7) is 1.94. The molecule has 1 N–H and O–H groups in total. The summed E-state index contributed by atoms with van der Waals surface area (Å²) in [6.07, 6.45) is 3.53. The van der Waals surface area contributed by atoms with Crippen molar-refractivity contribution in [1.29, 1.82) is 0 Å². The van der Waals surface area contributed by atoms with Gasteiger partial charge in [0.15, 0.2) is 0 Å². The molecular formula is C22H26FNO3. The molecule has 3 rings (SSSR count). The Morgan fingerprint density at radius 3 is 2.33 bits per heavy atom. The summed E-state index contributed by atoms with van der Waals surface area (Å²) in [5, 5.41) is 3.15. The monoisotopic (exact) mass is 371 g/mol. The van der Waals surface area contributed by atoms with E-state index in [1.165, 1.54) is 12.1 Å². The van der Waals surface area contributed by atoms with Crippen LogP contribution in [0, 0.1) is 5.82 Å². The van der Waals surface area contributed by atoms with Gasteiger partial charge in [0.1, 0.15) is 17.3 Å². The summed E-state index contributed by atoms with van der Waals surface area (Å²) in [7, 11) is 3.20. The van der Waals surface area contributed by atoms with Crippen molar-refractivity contribution in [3.8, 4) is 11.5 Å². The zero-order chi connectivity index (χ0) is 19.4. The highest BCUT2D eigenvalue weighted by molar-refractivity contribution is 5.89. The summed E-state index contributed by atoms with van der Waals surface area (Å²) >= 11 is 0. The quantitative estimate of drug-likeness (QED) is 0.811. The molecule has 1 aliphatic rings. The van der Waals surface area contributed by atoms with Crippen LogP contribution in [0.1, 0.15) is 49.8 Å². The Kier molecular flexibility index (Phi) is 5.68. The first kappa shape index (κ1) is 19.2. The summed E-state index contributed by atoms with van der Waals surface area (Å²) in [4.78, 5) is 13.3. The standard InChI is InChI=1S/C22H26FNO3/c1-15(19-11-10-18(26-2)14-20(19)27-3)24-21(25)22(12-4-5-13-22)16-6-8-17(23)9-7-16/h6-11,14-15H,4-5,12-13H2,1-3H3,(H,24,25). The highest BCUT2D eigenvalue weighted by Crippen LogP contribution is 2.42. The molecule has 1 fully saturated rings. The second-order valence-corrected chi connectivity index (χ2v) is 7.10. The van der Waals surface area contributed by atoms with Gasteiger partial charge in [-0.2, -0.15) is 0 Å². The highest BCUT2D eigenvalue weighted by atomic mass is 19.1. The number of ether oxygens (including phenoxy) is 2. The molecule has 27 heavy (non-hydrogen) atoms. The first-order valence-electron chi connectivity index (χ1n) is 9.29. The Hall–Kier alpha value is -2.56. The lowest BCUT2D eigenvalue weighted by atomic mass is 9.77. The summed E-state index contributed by atoms with van der Waals surface area (Å²) in [5.74, 6) is 1.07. The zero-order valence-corrected chi connectivity index (χ0v) is 16.0. The van der Waals surface area contributed by atoms with Gasteiger partial charge in [0.2, 0.25) is 5.91 Å². The minimum atomic E-state index is -0.596. The number of hydrogen-bond donors (Lipinski definition) is 1. The van der Waals surface area contributed by atoms with E-state index in [9.17, 15) is 9.18 Å². The average molecular weight is 371 g/mol. The van der Waals surface area contributed by atoms with Crippen LogP contribution in [-0.2, 0) is 10.2 Å². The second kappa shape index (κ2) is 7.99. The first-order valence-corrected chi connectivity index (χ1v) is 9.29. The third-order valence-corrected chi connectivity index (χ3v) is 5.54. The van der Waals surface area contributed by atoms with Crippen molar-refractivity contribution in [1.82, 2.24) is 5.32 Å². The second-order valence-electron chi connectivity index (χ2n) is 7.10. The molecule has 2 aromatic rings. The molecule has 0 radical (unpaired) electrons. The Morgan fingerprint density at radius 2 is 1.74 bits per heavy atom. The number of hydrogen-bond acceptors (Lipinski definition) is 3. The lowest BCUT2D eigenvalue weighted by Gasteiger charge is -2.30. The molecule has 5 heteroatoms. The van der Waals surface area contributed by atoms with E-state index in [0.717, 1.165) is 36.8 Å². The fraction of sp³-hybridized carbons (Fsp3) is 0.409. The summed E-state index contributed by atoms with van der Waals surface area (Å²) in [6, 6.07) is 11.7. The number of benzene rings is 2. The van der Waals surface area contributed by atoms with E-state index in [-0.39, 0.29) is 17.8 Å². The smallest absolute Gasteiger partial charge is 0.231 e. The van der Waals surface area contributed by atoms with Gasteiger partial charge in [0, 0.05) is 11.6 Å². The molecule has 1 saturated carbocycles. The predicted molar refractivity (Wildman–Crippen MR) is 103 cm³/mol. The van der Waals surface area contributed by atoms with Gasteiger partial charge in [-0.05, 0) is 49.6 Å². The molecular weight excluding hydrogens is 345 g/mol. The van der Waals surface area contributed by atoms with E-state index in [1.54, 1.807) is 26.4 Å². The molecule has 4 nitrogen and oxygen atoms in total. The Labute approximate surface area is 159 Å². The van der Waals surface area contributed by atoms with Crippen LogP contribution in [0.4, 0.5) is 4.39 Å². The van der Waals surface area contributed by atoms with Crippen LogP contribution in [0.3, 0.4) is 0 Å². The van der Waals surface area contributed by atoms with Gasteiger partial charge in [-0.15, -0.1) is 0 Å². The minimum absolute atomic E-state index is 0.0167. The number of amides is 1. The lowest BCUT2D eigenvalue weighted by Crippen LogP contribution is -2.43. The third kappa shape index (κ3) is 3.77. The van der Waals surface area contributed by atoms with Gasteiger partial charge in [-0.25, -0.2) is 4.39 Å². The molecule has 1 atom stereocenters. The maximum atomic E-state index is 13.4. The van der Waals surface area contributed by atoms with Gasteiger partial charge >= 0.3 is 0 Å². The Balaban J connectivity index is 1.85. The van der Waals surface area contributed by atoms with E-state index < -0.39 is 5.41 Å².